The average molecular weight is 531 g/mol. The Kier molecular flexibility index (Phi) is 17.7. The van der Waals surface area contributed by atoms with Crippen molar-refractivity contribution in [3.63, 3.8) is 0 Å². The highest BCUT2D eigenvalue weighted by atomic mass is 16.6. The first-order valence-corrected chi connectivity index (χ1v) is 15.1. The molecule has 1 aliphatic rings. The minimum Gasteiger partial charge on any atom is -0.459 e. The Morgan fingerprint density at radius 2 is 1.39 bits per heavy atom. The van der Waals surface area contributed by atoms with E-state index in [1.54, 1.807) is 7.11 Å². The van der Waals surface area contributed by atoms with Gasteiger partial charge in [-0.05, 0) is 24.1 Å². The van der Waals surface area contributed by atoms with E-state index in [-0.39, 0.29) is 18.7 Å². The third-order valence-corrected chi connectivity index (χ3v) is 7.19. The zero-order chi connectivity index (χ0) is 27.3. The SMILES string of the molecule is CCCCCCCCCCCCCCCCOCC(COC(=O)c1ccc(CN2C=CN(C)C2)cc1)OC. The van der Waals surface area contributed by atoms with Crippen LogP contribution >= 0.6 is 0 Å². The number of hydrogen-bond donors (Lipinski definition) is 0. The lowest BCUT2D eigenvalue weighted by Crippen LogP contribution is -2.26. The van der Waals surface area contributed by atoms with Gasteiger partial charge in [0, 0.05) is 39.7 Å². The average Bonchev–Trinajstić information content (AvgIpc) is 3.34. The molecule has 1 atom stereocenters. The number of benzene rings is 1. The molecule has 2 rings (SSSR count). The second-order valence-corrected chi connectivity index (χ2v) is 10.8. The highest BCUT2D eigenvalue weighted by Crippen LogP contribution is 2.14. The van der Waals surface area contributed by atoms with Crippen molar-refractivity contribution in [1.29, 1.82) is 0 Å². The molecule has 1 aliphatic heterocycles. The van der Waals surface area contributed by atoms with Crippen molar-refractivity contribution >= 4 is 5.97 Å². The molecule has 1 aromatic carbocycles. The molecule has 0 bridgehead atoms. The number of nitrogens with zero attached hydrogens (tertiary/aromatic N) is 2. The van der Waals surface area contributed by atoms with Crippen molar-refractivity contribution < 1.29 is 19.0 Å². The number of ether oxygens (including phenoxy) is 3. The fraction of sp³-hybridized carbons (Fsp3) is 0.719. The molecule has 1 heterocycles. The van der Waals surface area contributed by atoms with Gasteiger partial charge in [-0.25, -0.2) is 4.79 Å². The van der Waals surface area contributed by atoms with E-state index in [0.29, 0.717) is 12.2 Å². The molecule has 0 aromatic heterocycles. The van der Waals surface area contributed by atoms with E-state index in [1.807, 2.05) is 24.3 Å². The van der Waals surface area contributed by atoms with Gasteiger partial charge >= 0.3 is 5.97 Å². The number of hydrogen-bond acceptors (Lipinski definition) is 6. The van der Waals surface area contributed by atoms with Gasteiger partial charge in [-0.3, -0.25) is 0 Å². The Morgan fingerprint density at radius 3 is 1.92 bits per heavy atom. The van der Waals surface area contributed by atoms with Gasteiger partial charge in [0.15, 0.2) is 0 Å². The molecule has 0 saturated carbocycles. The first kappa shape index (κ1) is 32.2. The maximum atomic E-state index is 12.4. The van der Waals surface area contributed by atoms with Crippen LogP contribution in [0, 0.1) is 0 Å². The zero-order valence-electron chi connectivity index (χ0n) is 24.5. The van der Waals surface area contributed by atoms with Crippen LogP contribution in [0.25, 0.3) is 0 Å². The molecule has 216 valence electrons. The van der Waals surface area contributed by atoms with E-state index in [1.165, 1.54) is 83.5 Å². The van der Waals surface area contributed by atoms with Gasteiger partial charge in [0.05, 0.1) is 18.8 Å². The highest BCUT2D eigenvalue weighted by molar-refractivity contribution is 5.89. The lowest BCUT2D eigenvalue weighted by Gasteiger charge is -2.18. The quantitative estimate of drug-likeness (QED) is 0.108. The maximum Gasteiger partial charge on any atom is 0.338 e. The third-order valence-electron chi connectivity index (χ3n) is 7.19. The molecule has 38 heavy (non-hydrogen) atoms. The predicted molar refractivity (Wildman–Crippen MR) is 156 cm³/mol. The van der Waals surface area contributed by atoms with E-state index in [0.717, 1.165) is 31.8 Å². The fourth-order valence-electron chi connectivity index (χ4n) is 4.72. The van der Waals surface area contributed by atoms with Crippen LogP contribution in [0.2, 0.25) is 0 Å². The highest BCUT2D eigenvalue weighted by Gasteiger charge is 2.14. The van der Waals surface area contributed by atoms with Crippen molar-refractivity contribution in [3.05, 3.63) is 47.8 Å². The summed E-state index contributed by atoms with van der Waals surface area (Å²) in [4.78, 5) is 16.8. The lowest BCUT2D eigenvalue weighted by atomic mass is 10.0. The molecule has 0 radical (unpaired) electrons. The maximum absolute atomic E-state index is 12.4. The van der Waals surface area contributed by atoms with Crippen LogP contribution in [0.15, 0.2) is 36.7 Å². The zero-order valence-corrected chi connectivity index (χ0v) is 24.5. The summed E-state index contributed by atoms with van der Waals surface area (Å²) < 4.78 is 16.7. The van der Waals surface area contributed by atoms with Crippen LogP contribution in [0.3, 0.4) is 0 Å². The van der Waals surface area contributed by atoms with Gasteiger partial charge < -0.3 is 24.0 Å². The van der Waals surface area contributed by atoms with Crippen LogP contribution < -0.4 is 0 Å². The van der Waals surface area contributed by atoms with Crippen molar-refractivity contribution in [2.45, 2.75) is 109 Å². The lowest BCUT2D eigenvalue weighted by molar-refractivity contribution is -0.0314. The second-order valence-electron chi connectivity index (χ2n) is 10.8. The summed E-state index contributed by atoms with van der Waals surface area (Å²) in [7, 11) is 3.68. The molecular weight excluding hydrogens is 476 g/mol. The van der Waals surface area contributed by atoms with Gasteiger partial charge in [0.25, 0.3) is 0 Å². The number of carbonyl (C=O) groups excluding carboxylic acids is 1. The molecule has 0 spiro atoms. The Hall–Kier alpha value is -2.05. The monoisotopic (exact) mass is 530 g/mol. The molecule has 0 saturated heterocycles. The third kappa shape index (κ3) is 14.8. The van der Waals surface area contributed by atoms with Crippen LogP contribution in [-0.2, 0) is 20.8 Å². The molecule has 0 fully saturated rings. The van der Waals surface area contributed by atoms with Gasteiger partial charge in [-0.15, -0.1) is 0 Å². The van der Waals surface area contributed by atoms with Crippen molar-refractivity contribution in [3.8, 4) is 0 Å². The summed E-state index contributed by atoms with van der Waals surface area (Å²) in [6.07, 6.45) is 22.8. The van der Waals surface area contributed by atoms with E-state index in [4.69, 9.17) is 14.2 Å². The molecule has 0 N–H and O–H groups in total. The Balaban J connectivity index is 1.43. The summed E-state index contributed by atoms with van der Waals surface area (Å²) in [6.45, 7) is 5.34. The van der Waals surface area contributed by atoms with E-state index in [2.05, 4.69) is 36.2 Å². The van der Waals surface area contributed by atoms with Gasteiger partial charge in [0.1, 0.15) is 12.7 Å². The normalized spacial score (nSPS) is 13.9. The van der Waals surface area contributed by atoms with Crippen molar-refractivity contribution in [1.82, 2.24) is 9.80 Å². The van der Waals surface area contributed by atoms with Crippen LogP contribution in [0.5, 0.6) is 0 Å². The first-order chi connectivity index (χ1) is 18.6. The Bertz CT molecular complexity index is 752. The van der Waals surface area contributed by atoms with Crippen LogP contribution in [-0.4, -0.2) is 62.5 Å². The number of rotatable bonds is 23. The number of methoxy groups -OCH3 is 1. The Labute approximate surface area is 232 Å². The van der Waals surface area contributed by atoms with Gasteiger partial charge in [-0.1, -0.05) is 103 Å². The summed E-state index contributed by atoms with van der Waals surface area (Å²) in [5.74, 6) is -0.327. The molecule has 1 aromatic rings. The van der Waals surface area contributed by atoms with E-state index < -0.39 is 0 Å². The molecule has 1 unspecified atom stereocenters. The number of carbonyl (C=O) groups is 1. The summed E-state index contributed by atoms with van der Waals surface area (Å²) in [5.41, 5.74) is 1.72. The second kappa shape index (κ2) is 20.9. The molecule has 0 aliphatic carbocycles. The number of esters is 1. The fourth-order valence-corrected chi connectivity index (χ4v) is 4.72. The molecule has 0 amide bonds. The minimum atomic E-state index is -0.327. The van der Waals surface area contributed by atoms with Crippen molar-refractivity contribution in [2.75, 3.05) is 40.6 Å². The van der Waals surface area contributed by atoms with E-state index >= 15 is 0 Å². The van der Waals surface area contributed by atoms with Crippen LogP contribution in [0.4, 0.5) is 0 Å². The number of unbranched alkanes of at least 4 members (excludes halogenated alkanes) is 13. The minimum absolute atomic E-state index is 0.195. The Morgan fingerprint density at radius 1 is 0.816 bits per heavy atom. The standard InChI is InChI=1S/C32H54N2O4/c1-4-5-6-7-8-9-10-11-12-13-14-15-16-17-24-37-26-31(36-3)27-38-32(35)30-20-18-29(19-21-30)25-34-23-22-33(2)28-34/h18-23,31H,4-17,24-28H2,1-3H3. The smallest absolute Gasteiger partial charge is 0.338 e. The molecule has 6 nitrogen and oxygen atoms in total. The molecule has 6 heteroatoms. The first-order valence-electron chi connectivity index (χ1n) is 15.1. The van der Waals surface area contributed by atoms with Crippen molar-refractivity contribution in [2.24, 2.45) is 0 Å². The predicted octanol–water partition coefficient (Wildman–Crippen LogP) is 7.53. The van der Waals surface area contributed by atoms with Gasteiger partial charge in [0.2, 0.25) is 0 Å². The largest absolute Gasteiger partial charge is 0.459 e. The molecular formula is C32H54N2O4. The van der Waals surface area contributed by atoms with E-state index in [9.17, 15) is 4.79 Å². The van der Waals surface area contributed by atoms with Crippen LogP contribution in [0.1, 0.15) is 113 Å². The summed E-state index contributed by atoms with van der Waals surface area (Å²) >= 11 is 0. The van der Waals surface area contributed by atoms with Gasteiger partial charge in [-0.2, -0.15) is 0 Å². The topological polar surface area (TPSA) is 51.2 Å². The summed E-state index contributed by atoms with van der Waals surface area (Å²) in [6, 6.07) is 7.62. The summed E-state index contributed by atoms with van der Waals surface area (Å²) in [5, 5.41) is 0.